The molecule has 0 aliphatic carbocycles. The lowest BCUT2D eigenvalue weighted by Crippen LogP contribution is -2.42. The molecule has 12 heteroatoms. The SMILES string of the molecule is CCCN(CCC)C(=O)c1c(NC(=O)c2ccc(S(=O)(=O)N3CCCC(C(=O)OCC)C3)cc2)sc2c1CCN(CC)C2. The fourth-order valence-electron chi connectivity index (χ4n) is 5.77. The molecule has 2 amide bonds. The first-order chi connectivity index (χ1) is 20.6. The Hall–Kier alpha value is -2.80. The van der Waals surface area contributed by atoms with Gasteiger partial charge in [-0.3, -0.25) is 19.3 Å². The monoisotopic (exact) mass is 632 g/mol. The summed E-state index contributed by atoms with van der Waals surface area (Å²) in [5.74, 6) is -1.32. The van der Waals surface area contributed by atoms with Gasteiger partial charge in [-0.25, -0.2) is 8.42 Å². The first-order valence-electron chi connectivity index (χ1n) is 15.4. The van der Waals surface area contributed by atoms with Crippen molar-refractivity contribution in [3.05, 3.63) is 45.8 Å². The van der Waals surface area contributed by atoms with E-state index < -0.39 is 21.8 Å². The molecule has 0 bridgehead atoms. The number of ether oxygens (including phenoxy) is 1. The van der Waals surface area contributed by atoms with Crippen LogP contribution in [0.3, 0.4) is 0 Å². The van der Waals surface area contributed by atoms with Crippen LogP contribution in [0.15, 0.2) is 29.2 Å². The summed E-state index contributed by atoms with van der Waals surface area (Å²) in [5, 5.41) is 3.54. The molecular weight excluding hydrogens is 588 g/mol. The molecule has 1 saturated heterocycles. The molecule has 2 aliphatic rings. The van der Waals surface area contributed by atoms with E-state index in [1.807, 2.05) is 4.90 Å². The summed E-state index contributed by atoms with van der Waals surface area (Å²) in [6.45, 7) is 12.4. The van der Waals surface area contributed by atoms with E-state index in [2.05, 4.69) is 31.0 Å². The molecule has 0 radical (unpaired) electrons. The summed E-state index contributed by atoms with van der Waals surface area (Å²) in [4.78, 5) is 44.8. The van der Waals surface area contributed by atoms with Gasteiger partial charge in [0.15, 0.2) is 0 Å². The molecule has 1 unspecified atom stereocenters. The summed E-state index contributed by atoms with van der Waals surface area (Å²) in [7, 11) is -3.85. The third-order valence-electron chi connectivity index (χ3n) is 8.06. The first-order valence-corrected chi connectivity index (χ1v) is 17.6. The van der Waals surface area contributed by atoms with Crippen molar-refractivity contribution in [1.29, 1.82) is 0 Å². The minimum atomic E-state index is -3.85. The Bertz CT molecular complexity index is 1400. The van der Waals surface area contributed by atoms with Crippen molar-refractivity contribution in [2.75, 3.05) is 51.2 Å². The van der Waals surface area contributed by atoms with Gasteiger partial charge in [0.2, 0.25) is 10.0 Å². The van der Waals surface area contributed by atoms with Crippen LogP contribution in [0, 0.1) is 5.92 Å². The van der Waals surface area contributed by atoms with Gasteiger partial charge in [-0.15, -0.1) is 11.3 Å². The molecule has 1 aromatic carbocycles. The maximum absolute atomic E-state index is 13.8. The Labute approximate surface area is 259 Å². The molecule has 2 aliphatic heterocycles. The number of amides is 2. The average Bonchev–Trinajstić information content (AvgIpc) is 3.37. The number of fused-ring (bicyclic) bond motifs is 1. The fraction of sp³-hybridized carbons (Fsp3) is 0.581. The van der Waals surface area contributed by atoms with E-state index >= 15 is 0 Å². The van der Waals surface area contributed by atoms with Gasteiger partial charge in [0.25, 0.3) is 11.8 Å². The minimum absolute atomic E-state index is 0.0504. The minimum Gasteiger partial charge on any atom is -0.466 e. The molecular formula is C31H44N4O6S2. The molecule has 1 fully saturated rings. The van der Waals surface area contributed by atoms with Crippen LogP contribution in [-0.4, -0.2) is 86.2 Å². The molecule has 10 nitrogen and oxygen atoms in total. The Balaban J connectivity index is 1.55. The number of rotatable bonds is 12. The topological polar surface area (TPSA) is 116 Å². The number of hydrogen-bond acceptors (Lipinski definition) is 8. The molecule has 0 saturated carbocycles. The Morgan fingerprint density at radius 1 is 1.05 bits per heavy atom. The van der Waals surface area contributed by atoms with Crippen molar-refractivity contribution >= 4 is 44.1 Å². The summed E-state index contributed by atoms with van der Waals surface area (Å²) < 4.78 is 33.2. The summed E-state index contributed by atoms with van der Waals surface area (Å²) in [6.07, 6.45) is 3.60. The summed E-state index contributed by atoms with van der Waals surface area (Å²) in [5.41, 5.74) is 1.91. The number of nitrogens with one attached hydrogen (secondary N) is 1. The number of benzene rings is 1. The van der Waals surface area contributed by atoms with Crippen LogP contribution in [0.4, 0.5) is 5.00 Å². The Kier molecular flexibility index (Phi) is 11.4. The second-order valence-corrected chi connectivity index (χ2v) is 14.1. The van der Waals surface area contributed by atoms with Crippen LogP contribution < -0.4 is 5.32 Å². The molecule has 1 atom stereocenters. The number of carbonyl (C=O) groups excluding carboxylic acids is 3. The van der Waals surface area contributed by atoms with E-state index in [0.29, 0.717) is 48.6 Å². The van der Waals surface area contributed by atoms with Crippen LogP contribution >= 0.6 is 11.3 Å². The largest absolute Gasteiger partial charge is 0.466 e. The number of hydrogen-bond donors (Lipinski definition) is 1. The molecule has 3 heterocycles. The lowest BCUT2D eigenvalue weighted by Gasteiger charge is -2.30. The van der Waals surface area contributed by atoms with Crippen LogP contribution in [0.2, 0.25) is 0 Å². The molecule has 236 valence electrons. The predicted molar refractivity (Wildman–Crippen MR) is 168 cm³/mol. The van der Waals surface area contributed by atoms with Crippen molar-refractivity contribution in [2.24, 2.45) is 5.92 Å². The number of esters is 1. The van der Waals surface area contributed by atoms with Gasteiger partial charge in [-0.05, 0) is 75.4 Å². The highest BCUT2D eigenvalue weighted by atomic mass is 32.2. The Morgan fingerprint density at radius 3 is 2.37 bits per heavy atom. The van der Waals surface area contributed by atoms with Crippen LogP contribution in [0.25, 0.3) is 0 Å². The Morgan fingerprint density at radius 2 is 1.74 bits per heavy atom. The number of anilines is 1. The number of sulfonamides is 1. The standard InChI is InChI=1S/C31H44N4O6S2/c1-5-16-34(17-6-2)30(37)27-25-15-19-33(7-3)21-26(25)42-29(27)32-28(36)22-11-13-24(14-12-22)43(39,40)35-18-9-10-23(20-35)31(38)41-8-4/h11-14,23H,5-10,15-21H2,1-4H3,(H,32,36). The maximum atomic E-state index is 13.8. The summed E-state index contributed by atoms with van der Waals surface area (Å²) >= 11 is 1.46. The van der Waals surface area contributed by atoms with E-state index in [1.54, 1.807) is 6.92 Å². The van der Waals surface area contributed by atoms with Gasteiger partial charge in [-0.1, -0.05) is 20.8 Å². The number of carbonyl (C=O) groups is 3. The first kappa shape index (κ1) is 33.1. The molecule has 0 spiro atoms. The predicted octanol–water partition coefficient (Wildman–Crippen LogP) is 4.60. The maximum Gasteiger partial charge on any atom is 0.310 e. The van der Waals surface area contributed by atoms with Crippen LogP contribution in [-0.2, 0) is 32.5 Å². The van der Waals surface area contributed by atoms with Crippen molar-refractivity contribution in [1.82, 2.24) is 14.1 Å². The molecule has 43 heavy (non-hydrogen) atoms. The van der Waals surface area contributed by atoms with Crippen molar-refractivity contribution in [3.8, 4) is 0 Å². The highest BCUT2D eigenvalue weighted by Gasteiger charge is 2.34. The quantitative estimate of drug-likeness (QED) is 0.340. The highest BCUT2D eigenvalue weighted by Crippen LogP contribution is 2.38. The average molecular weight is 633 g/mol. The fourth-order valence-corrected chi connectivity index (χ4v) is 8.57. The van der Waals surface area contributed by atoms with Crippen LogP contribution in [0.5, 0.6) is 0 Å². The number of thiophene rings is 1. The zero-order valence-electron chi connectivity index (χ0n) is 25.7. The van der Waals surface area contributed by atoms with E-state index in [0.717, 1.165) is 49.3 Å². The van der Waals surface area contributed by atoms with Gasteiger partial charge < -0.3 is 15.0 Å². The lowest BCUT2D eigenvalue weighted by atomic mass is 10.0. The zero-order chi connectivity index (χ0) is 31.1. The number of piperidine rings is 1. The third-order valence-corrected chi connectivity index (χ3v) is 11.1. The number of likely N-dealkylation sites (N-methyl/N-ethyl adjacent to an activating group) is 1. The van der Waals surface area contributed by atoms with E-state index in [1.165, 1.54) is 39.9 Å². The highest BCUT2D eigenvalue weighted by molar-refractivity contribution is 7.89. The smallest absolute Gasteiger partial charge is 0.310 e. The van der Waals surface area contributed by atoms with E-state index in [4.69, 9.17) is 4.74 Å². The van der Waals surface area contributed by atoms with Gasteiger partial charge >= 0.3 is 5.97 Å². The second kappa shape index (κ2) is 14.8. The van der Waals surface area contributed by atoms with Crippen molar-refractivity contribution < 1.29 is 27.5 Å². The van der Waals surface area contributed by atoms with Gasteiger partial charge in [0.1, 0.15) is 5.00 Å². The zero-order valence-corrected chi connectivity index (χ0v) is 27.3. The van der Waals surface area contributed by atoms with Crippen LogP contribution in [0.1, 0.15) is 84.5 Å². The second-order valence-electron chi connectivity index (χ2n) is 11.1. The number of nitrogens with zero attached hydrogens (tertiary/aromatic N) is 3. The van der Waals surface area contributed by atoms with Gasteiger partial charge in [0.05, 0.1) is 23.0 Å². The third kappa shape index (κ3) is 7.47. The van der Waals surface area contributed by atoms with Crippen molar-refractivity contribution in [3.63, 3.8) is 0 Å². The van der Waals surface area contributed by atoms with E-state index in [-0.39, 0.29) is 29.9 Å². The van der Waals surface area contributed by atoms with E-state index in [9.17, 15) is 22.8 Å². The molecule has 4 rings (SSSR count). The normalized spacial score (nSPS) is 17.7. The summed E-state index contributed by atoms with van der Waals surface area (Å²) in [6, 6.07) is 5.83. The van der Waals surface area contributed by atoms with Gasteiger partial charge in [-0.2, -0.15) is 4.31 Å². The van der Waals surface area contributed by atoms with Crippen molar-refractivity contribution in [2.45, 2.75) is 71.2 Å². The lowest BCUT2D eigenvalue weighted by molar-refractivity contribution is -0.149. The molecule has 1 N–H and O–H groups in total. The molecule has 2 aromatic rings. The van der Waals surface area contributed by atoms with Gasteiger partial charge in [0, 0.05) is 49.7 Å². The molecule has 1 aromatic heterocycles.